The molecule has 0 rings (SSSR count). The third kappa shape index (κ3) is 9.18. The van der Waals surface area contributed by atoms with Crippen molar-refractivity contribution in [3.63, 3.8) is 0 Å². The number of carbonyl (C=O) groups is 2. The standard InChI is InChI=1S/C16H32O10Si2.H4Si/c1-21-27(22-2,23-3)11-7-9-13(15(17)18)14(16(19)20)10-8-12-28(24-4,25-5)26-6;/h7-12H2,1-6H3,(H,17,18)(H,19,20);1H4. The van der Waals surface area contributed by atoms with E-state index in [1.807, 2.05) is 0 Å². The molecule has 0 aliphatic rings. The molecule has 0 aliphatic heterocycles. The lowest BCUT2D eigenvalue weighted by Gasteiger charge is -2.24. The van der Waals surface area contributed by atoms with Gasteiger partial charge in [0, 0.05) is 65.9 Å². The number of aliphatic carboxylic acids is 2. The minimum absolute atomic E-state index is 0. The molecule has 10 nitrogen and oxygen atoms in total. The fourth-order valence-electron chi connectivity index (χ4n) is 2.85. The monoisotopic (exact) mass is 472 g/mol. The van der Waals surface area contributed by atoms with E-state index in [0.717, 1.165) is 0 Å². The van der Waals surface area contributed by atoms with Crippen molar-refractivity contribution in [2.45, 2.75) is 37.8 Å². The molecule has 0 aromatic rings. The summed E-state index contributed by atoms with van der Waals surface area (Å²) in [5.74, 6) is -2.52. The summed E-state index contributed by atoms with van der Waals surface area (Å²) in [4.78, 5) is 23.3. The van der Waals surface area contributed by atoms with Gasteiger partial charge in [-0.15, -0.1) is 0 Å². The van der Waals surface area contributed by atoms with Gasteiger partial charge in [-0.3, -0.25) is 0 Å². The van der Waals surface area contributed by atoms with E-state index in [2.05, 4.69) is 0 Å². The lowest BCUT2D eigenvalue weighted by atomic mass is 10.00. The van der Waals surface area contributed by atoms with Crippen LogP contribution < -0.4 is 0 Å². The van der Waals surface area contributed by atoms with Crippen molar-refractivity contribution in [3.05, 3.63) is 11.1 Å². The third-order valence-electron chi connectivity index (χ3n) is 4.57. The first-order valence-electron chi connectivity index (χ1n) is 8.69. The van der Waals surface area contributed by atoms with E-state index in [1.165, 1.54) is 42.7 Å². The smallest absolute Gasteiger partial charge is 0.478 e. The number of hydrogen-bond donors (Lipinski definition) is 2. The highest BCUT2D eigenvalue weighted by molar-refractivity contribution is 6.60. The summed E-state index contributed by atoms with van der Waals surface area (Å²) in [6.45, 7) is 0. The number of carboxylic acids is 2. The van der Waals surface area contributed by atoms with Gasteiger partial charge in [-0.25, -0.2) is 9.59 Å². The van der Waals surface area contributed by atoms with Crippen LogP contribution >= 0.6 is 0 Å². The Morgan fingerprint density at radius 1 is 0.621 bits per heavy atom. The Labute approximate surface area is 178 Å². The summed E-state index contributed by atoms with van der Waals surface area (Å²) >= 11 is 0. The van der Waals surface area contributed by atoms with E-state index >= 15 is 0 Å². The first kappa shape index (κ1) is 30.3. The lowest BCUT2D eigenvalue weighted by molar-refractivity contribution is -0.136. The fraction of sp³-hybridized carbons (Fsp3) is 0.750. The summed E-state index contributed by atoms with van der Waals surface area (Å²) in [5, 5.41) is 19.0. The van der Waals surface area contributed by atoms with Crippen molar-refractivity contribution in [1.82, 2.24) is 0 Å². The molecular weight excluding hydrogens is 436 g/mol. The number of rotatable bonds is 16. The average molecular weight is 473 g/mol. The molecule has 0 saturated carbocycles. The van der Waals surface area contributed by atoms with E-state index in [9.17, 15) is 19.8 Å². The molecule has 0 aromatic heterocycles. The topological polar surface area (TPSA) is 130 Å². The third-order valence-corrected chi connectivity index (χ3v) is 10.2. The second kappa shape index (κ2) is 15.0. The molecule has 29 heavy (non-hydrogen) atoms. The highest BCUT2D eigenvalue weighted by atomic mass is 28.4. The molecule has 0 amide bonds. The zero-order valence-electron chi connectivity index (χ0n) is 17.4. The van der Waals surface area contributed by atoms with E-state index in [4.69, 9.17) is 26.6 Å². The minimum atomic E-state index is -2.85. The molecule has 172 valence electrons. The fourth-order valence-corrected chi connectivity index (χ4v) is 6.29. The van der Waals surface area contributed by atoms with Crippen LogP contribution in [0, 0.1) is 0 Å². The highest BCUT2D eigenvalue weighted by Gasteiger charge is 2.38. The van der Waals surface area contributed by atoms with Crippen LogP contribution in [-0.2, 0) is 36.1 Å². The molecule has 0 atom stereocenters. The van der Waals surface area contributed by atoms with Gasteiger partial charge >= 0.3 is 29.5 Å². The van der Waals surface area contributed by atoms with E-state index in [-0.39, 0.29) is 35.0 Å². The molecule has 0 spiro atoms. The number of carboxylic acid groups (broad SMARTS) is 2. The van der Waals surface area contributed by atoms with Gasteiger partial charge in [0.1, 0.15) is 0 Å². The Hall–Kier alpha value is -0.909. The second-order valence-electron chi connectivity index (χ2n) is 5.87. The van der Waals surface area contributed by atoms with Gasteiger partial charge in [0.05, 0.1) is 0 Å². The van der Waals surface area contributed by atoms with E-state index < -0.39 is 29.5 Å². The molecule has 0 aromatic carbocycles. The van der Waals surface area contributed by atoms with Gasteiger partial charge in [0.2, 0.25) is 0 Å². The maximum atomic E-state index is 11.7. The zero-order valence-corrected chi connectivity index (χ0v) is 19.4. The van der Waals surface area contributed by atoms with Crippen molar-refractivity contribution >= 4 is 40.5 Å². The van der Waals surface area contributed by atoms with Crippen LogP contribution in [0.5, 0.6) is 0 Å². The first-order chi connectivity index (χ1) is 13.2. The molecule has 13 heteroatoms. The van der Waals surface area contributed by atoms with Gasteiger partial charge in [0.25, 0.3) is 0 Å². The Balaban J connectivity index is 0. The normalized spacial score (nSPS) is 12.9. The molecule has 0 saturated heterocycles. The molecule has 0 heterocycles. The summed E-state index contributed by atoms with van der Waals surface area (Å²) in [6.07, 6.45) is 0.826. The Bertz CT molecular complexity index is 471. The van der Waals surface area contributed by atoms with Crippen LogP contribution in [0.4, 0.5) is 0 Å². The van der Waals surface area contributed by atoms with Crippen LogP contribution in [0.25, 0.3) is 0 Å². The van der Waals surface area contributed by atoms with Gasteiger partial charge in [-0.2, -0.15) is 0 Å². The quantitative estimate of drug-likeness (QED) is 0.239. The lowest BCUT2D eigenvalue weighted by Crippen LogP contribution is -2.42. The van der Waals surface area contributed by atoms with Crippen LogP contribution in [0.2, 0.25) is 12.1 Å². The Morgan fingerprint density at radius 3 is 1.03 bits per heavy atom. The predicted molar refractivity (Wildman–Crippen MR) is 115 cm³/mol. The summed E-state index contributed by atoms with van der Waals surface area (Å²) < 4.78 is 31.8. The molecule has 2 N–H and O–H groups in total. The van der Waals surface area contributed by atoms with Crippen LogP contribution in [-0.4, -0.2) is 93.4 Å². The second-order valence-corrected chi connectivity index (χ2v) is 12.0. The van der Waals surface area contributed by atoms with Crippen LogP contribution in [0.3, 0.4) is 0 Å². The highest BCUT2D eigenvalue weighted by Crippen LogP contribution is 2.25. The summed E-state index contributed by atoms with van der Waals surface area (Å²) in [5.41, 5.74) is -0.281. The largest absolute Gasteiger partial charge is 0.500 e. The minimum Gasteiger partial charge on any atom is -0.478 e. The van der Waals surface area contributed by atoms with Gasteiger partial charge < -0.3 is 36.8 Å². The number of hydrogen-bond acceptors (Lipinski definition) is 8. The van der Waals surface area contributed by atoms with Crippen molar-refractivity contribution in [2.24, 2.45) is 0 Å². The molecule has 0 bridgehead atoms. The van der Waals surface area contributed by atoms with Gasteiger partial charge in [-0.1, -0.05) is 0 Å². The van der Waals surface area contributed by atoms with E-state index in [0.29, 0.717) is 24.9 Å². The molecular formula is C16H36O10Si3. The van der Waals surface area contributed by atoms with E-state index in [1.54, 1.807) is 0 Å². The molecule has 0 unspecified atom stereocenters. The van der Waals surface area contributed by atoms with Crippen molar-refractivity contribution in [3.8, 4) is 0 Å². The SMILES string of the molecule is CO[Si](CCCC(C(=O)O)=C(CCC[Si](OC)(OC)OC)C(=O)O)(OC)OC.[SiH4]. The van der Waals surface area contributed by atoms with Crippen molar-refractivity contribution < 1.29 is 46.4 Å². The van der Waals surface area contributed by atoms with Crippen molar-refractivity contribution in [2.75, 3.05) is 42.7 Å². The van der Waals surface area contributed by atoms with Gasteiger partial charge in [-0.05, 0) is 36.6 Å². The molecule has 0 aliphatic carbocycles. The average Bonchev–Trinajstić information content (AvgIpc) is 2.70. The molecule has 0 radical (unpaired) electrons. The summed E-state index contributed by atoms with van der Waals surface area (Å²) in [6, 6.07) is 0.737. The summed E-state index contributed by atoms with van der Waals surface area (Å²) in [7, 11) is 3.09. The van der Waals surface area contributed by atoms with Crippen molar-refractivity contribution in [1.29, 1.82) is 0 Å². The maximum absolute atomic E-state index is 11.7. The van der Waals surface area contributed by atoms with Crippen LogP contribution in [0.1, 0.15) is 25.7 Å². The first-order valence-corrected chi connectivity index (χ1v) is 12.6. The maximum Gasteiger partial charge on any atom is 0.500 e. The molecule has 0 fully saturated rings. The zero-order chi connectivity index (χ0) is 21.8. The van der Waals surface area contributed by atoms with Crippen LogP contribution in [0.15, 0.2) is 11.1 Å². The Kier molecular flexibility index (Phi) is 15.6. The van der Waals surface area contributed by atoms with Gasteiger partial charge in [0.15, 0.2) is 0 Å². The Morgan fingerprint density at radius 2 is 0.862 bits per heavy atom. The predicted octanol–water partition coefficient (Wildman–Crippen LogP) is 0.317.